The van der Waals surface area contributed by atoms with Crippen molar-refractivity contribution >= 4 is 28.9 Å². The molecule has 2 N–H and O–H groups in total. The number of carboxylic acid groups (broad SMARTS) is 1. The van der Waals surface area contributed by atoms with Gasteiger partial charge in [-0.3, -0.25) is 0 Å². The van der Waals surface area contributed by atoms with Gasteiger partial charge >= 0.3 is 5.97 Å². The predicted octanol–water partition coefficient (Wildman–Crippen LogP) is 4.76. The van der Waals surface area contributed by atoms with Crippen LogP contribution in [0.4, 0.5) is 11.8 Å². The quantitative estimate of drug-likeness (QED) is 0.376. The lowest BCUT2D eigenvalue weighted by Gasteiger charge is -2.27. The fourth-order valence-corrected chi connectivity index (χ4v) is 5.19. The summed E-state index contributed by atoms with van der Waals surface area (Å²) < 4.78 is 7.78. The molecule has 2 aromatic carbocycles. The van der Waals surface area contributed by atoms with Gasteiger partial charge in [0.05, 0.1) is 25.1 Å². The van der Waals surface area contributed by atoms with E-state index in [0.717, 1.165) is 65.6 Å². The number of nitrogens with one attached hydrogen (secondary N) is 1. The number of aromatic nitrogens is 4. The van der Waals surface area contributed by atoms with Crippen molar-refractivity contribution in [3.05, 3.63) is 66.0 Å². The number of rotatable bonds is 7. The maximum Gasteiger partial charge on any atom is 0.335 e. The molecule has 2 aliphatic rings. The van der Waals surface area contributed by atoms with Gasteiger partial charge < -0.3 is 24.6 Å². The zero-order valence-electron chi connectivity index (χ0n) is 20.6. The average molecular weight is 499 g/mol. The number of nitrogens with zero attached hydrogens (tertiary/aromatic N) is 5. The third-order valence-corrected chi connectivity index (χ3v) is 7.30. The number of morpholine rings is 1. The van der Waals surface area contributed by atoms with Gasteiger partial charge in [0.25, 0.3) is 0 Å². The van der Waals surface area contributed by atoms with Crippen molar-refractivity contribution in [2.45, 2.75) is 38.3 Å². The fourth-order valence-electron chi connectivity index (χ4n) is 5.19. The molecule has 0 unspecified atom stereocenters. The van der Waals surface area contributed by atoms with Crippen molar-refractivity contribution in [2.24, 2.45) is 0 Å². The summed E-state index contributed by atoms with van der Waals surface area (Å²) in [5.74, 6) is 0.548. The van der Waals surface area contributed by atoms with E-state index in [-0.39, 0.29) is 5.56 Å². The lowest BCUT2D eigenvalue weighted by molar-refractivity contribution is 0.0697. The van der Waals surface area contributed by atoms with E-state index in [4.69, 9.17) is 24.8 Å². The zero-order valence-corrected chi connectivity index (χ0v) is 20.6. The number of hydrogen-bond acceptors (Lipinski definition) is 7. The summed E-state index contributed by atoms with van der Waals surface area (Å²) in [5.41, 5.74) is 5.11. The molecule has 2 fully saturated rings. The van der Waals surface area contributed by atoms with E-state index < -0.39 is 5.97 Å². The Kier molecular flexibility index (Phi) is 6.44. The Morgan fingerprint density at radius 3 is 2.32 bits per heavy atom. The first-order chi connectivity index (χ1) is 18.2. The molecule has 4 aromatic rings. The molecule has 1 aliphatic heterocycles. The summed E-state index contributed by atoms with van der Waals surface area (Å²) >= 11 is 0. The van der Waals surface area contributed by atoms with Crippen molar-refractivity contribution in [3.63, 3.8) is 0 Å². The van der Waals surface area contributed by atoms with Crippen molar-refractivity contribution in [1.29, 1.82) is 0 Å². The third kappa shape index (κ3) is 4.86. The summed E-state index contributed by atoms with van der Waals surface area (Å²) in [6.45, 7) is 3.51. The van der Waals surface area contributed by atoms with Crippen LogP contribution in [0, 0.1) is 0 Å². The van der Waals surface area contributed by atoms with Gasteiger partial charge in [-0.05, 0) is 41.7 Å². The molecule has 37 heavy (non-hydrogen) atoms. The van der Waals surface area contributed by atoms with Gasteiger partial charge in [-0.1, -0.05) is 49.2 Å². The van der Waals surface area contributed by atoms with Crippen LogP contribution in [0.15, 0.2) is 54.9 Å². The van der Waals surface area contributed by atoms with Gasteiger partial charge in [0, 0.05) is 25.7 Å². The Bertz CT molecular complexity index is 1390. The molecule has 2 aromatic heterocycles. The molecule has 3 heterocycles. The standard InChI is InChI=1S/C28H30N6O3/c35-27(36)22-11-9-21(10-12-22)20-7-5-19(6-8-20)17-29-25-24-26(34(18-30-24)23-3-1-2-4-23)32-28(31-25)33-13-15-37-16-14-33/h5-12,18,23H,1-4,13-17H2,(H,35,36)(H,29,31,32). The van der Waals surface area contributed by atoms with Crippen LogP contribution in [0.3, 0.4) is 0 Å². The zero-order chi connectivity index (χ0) is 25.2. The van der Waals surface area contributed by atoms with E-state index in [1.165, 1.54) is 12.8 Å². The van der Waals surface area contributed by atoms with Gasteiger partial charge in [0.15, 0.2) is 17.0 Å². The molecule has 0 radical (unpaired) electrons. The summed E-state index contributed by atoms with van der Waals surface area (Å²) in [4.78, 5) is 27.9. The minimum absolute atomic E-state index is 0.285. The normalized spacial score (nSPS) is 16.4. The lowest BCUT2D eigenvalue weighted by atomic mass is 10.0. The molecule has 1 saturated carbocycles. The summed E-state index contributed by atoms with van der Waals surface area (Å²) in [7, 11) is 0. The van der Waals surface area contributed by atoms with Crippen LogP contribution in [0.1, 0.15) is 47.6 Å². The van der Waals surface area contributed by atoms with Crippen LogP contribution >= 0.6 is 0 Å². The maximum atomic E-state index is 11.1. The molecular weight excluding hydrogens is 468 g/mol. The highest BCUT2D eigenvalue weighted by Crippen LogP contribution is 2.33. The molecule has 0 atom stereocenters. The molecule has 9 nitrogen and oxygen atoms in total. The average Bonchev–Trinajstić information content (AvgIpc) is 3.63. The van der Waals surface area contributed by atoms with Crippen LogP contribution in [-0.4, -0.2) is 56.9 Å². The summed E-state index contributed by atoms with van der Waals surface area (Å²) in [6.07, 6.45) is 6.74. The van der Waals surface area contributed by atoms with E-state index in [1.54, 1.807) is 12.1 Å². The van der Waals surface area contributed by atoms with Crippen molar-refractivity contribution < 1.29 is 14.6 Å². The second-order valence-electron chi connectivity index (χ2n) is 9.67. The van der Waals surface area contributed by atoms with Crippen LogP contribution in [0.2, 0.25) is 0 Å². The number of ether oxygens (including phenoxy) is 1. The topological polar surface area (TPSA) is 105 Å². The first-order valence-electron chi connectivity index (χ1n) is 12.9. The van der Waals surface area contributed by atoms with Gasteiger partial charge in [0.2, 0.25) is 5.95 Å². The Hall–Kier alpha value is -3.98. The first-order valence-corrected chi connectivity index (χ1v) is 12.9. The molecule has 0 bridgehead atoms. The minimum Gasteiger partial charge on any atom is -0.478 e. The van der Waals surface area contributed by atoms with Crippen LogP contribution in [0.25, 0.3) is 22.3 Å². The van der Waals surface area contributed by atoms with Crippen LogP contribution < -0.4 is 10.2 Å². The monoisotopic (exact) mass is 498 g/mol. The predicted molar refractivity (Wildman–Crippen MR) is 142 cm³/mol. The fraction of sp³-hybridized carbons (Fsp3) is 0.357. The number of fused-ring (bicyclic) bond motifs is 1. The van der Waals surface area contributed by atoms with E-state index in [2.05, 4.69) is 39.0 Å². The Balaban J connectivity index is 1.24. The van der Waals surface area contributed by atoms with Crippen molar-refractivity contribution in [2.75, 3.05) is 36.5 Å². The number of benzene rings is 2. The third-order valence-electron chi connectivity index (χ3n) is 7.30. The number of imidazole rings is 1. The molecule has 0 spiro atoms. The number of aromatic carboxylic acids is 1. The van der Waals surface area contributed by atoms with Crippen molar-refractivity contribution in [1.82, 2.24) is 19.5 Å². The van der Waals surface area contributed by atoms with Crippen LogP contribution in [-0.2, 0) is 11.3 Å². The summed E-state index contributed by atoms with van der Waals surface area (Å²) in [6, 6.07) is 15.6. The molecule has 6 rings (SSSR count). The summed E-state index contributed by atoms with van der Waals surface area (Å²) in [5, 5.41) is 12.6. The van der Waals surface area contributed by atoms with Crippen LogP contribution in [0.5, 0.6) is 0 Å². The molecular formula is C28H30N6O3. The number of carboxylic acids is 1. The van der Waals surface area contributed by atoms with Gasteiger partial charge in [-0.25, -0.2) is 9.78 Å². The highest BCUT2D eigenvalue weighted by atomic mass is 16.5. The van der Waals surface area contributed by atoms with Gasteiger partial charge in [0.1, 0.15) is 0 Å². The highest BCUT2D eigenvalue weighted by Gasteiger charge is 2.23. The molecule has 9 heteroatoms. The van der Waals surface area contributed by atoms with Crippen molar-refractivity contribution in [3.8, 4) is 11.1 Å². The molecule has 0 amide bonds. The second kappa shape index (κ2) is 10.2. The number of carbonyl (C=O) groups is 1. The number of anilines is 2. The Morgan fingerprint density at radius 2 is 1.65 bits per heavy atom. The smallest absolute Gasteiger partial charge is 0.335 e. The first kappa shape index (κ1) is 23.4. The van der Waals surface area contributed by atoms with Gasteiger partial charge in [-0.2, -0.15) is 9.97 Å². The number of hydrogen-bond donors (Lipinski definition) is 2. The van der Waals surface area contributed by atoms with E-state index in [1.807, 2.05) is 18.5 Å². The minimum atomic E-state index is -0.920. The van der Waals surface area contributed by atoms with E-state index in [9.17, 15) is 4.79 Å². The van der Waals surface area contributed by atoms with E-state index >= 15 is 0 Å². The molecule has 1 saturated heterocycles. The second-order valence-corrected chi connectivity index (χ2v) is 9.67. The Labute approximate surface area is 215 Å². The van der Waals surface area contributed by atoms with E-state index in [0.29, 0.717) is 25.8 Å². The van der Waals surface area contributed by atoms with Gasteiger partial charge in [-0.15, -0.1) is 0 Å². The molecule has 190 valence electrons. The highest BCUT2D eigenvalue weighted by molar-refractivity contribution is 5.88. The Morgan fingerprint density at radius 1 is 0.973 bits per heavy atom. The largest absolute Gasteiger partial charge is 0.478 e. The molecule has 1 aliphatic carbocycles. The lowest BCUT2D eigenvalue weighted by Crippen LogP contribution is -2.37. The maximum absolute atomic E-state index is 11.1. The SMILES string of the molecule is O=C(O)c1ccc(-c2ccc(CNc3nc(N4CCOCC4)nc4c3ncn4C3CCCC3)cc2)cc1.